The summed E-state index contributed by atoms with van der Waals surface area (Å²) in [5.74, 6) is -0.279. The summed E-state index contributed by atoms with van der Waals surface area (Å²) in [5, 5.41) is 3.17. The monoisotopic (exact) mass is 215 g/mol. The third-order valence-electron chi connectivity index (χ3n) is 2.64. The topological polar surface area (TPSA) is 58.4 Å². The third-order valence-corrected chi connectivity index (χ3v) is 2.64. The standard InChI is InChI=1S/C11H25N3O/c1-5-8-14(7-3)9-11(4,10(12)15)13-6-2/h13H,5-9H2,1-4H3,(H2,12,15). The summed E-state index contributed by atoms with van der Waals surface area (Å²) in [4.78, 5) is 13.6. The van der Waals surface area contributed by atoms with Gasteiger partial charge in [-0.25, -0.2) is 0 Å². The second-order valence-corrected chi connectivity index (χ2v) is 4.10. The average molecular weight is 215 g/mol. The number of nitrogens with two attached hydrogens (primary N) is 1. The van der Waals surface area contributed by atoms with Crippen LogP contribution in [0.3, 0.4) is 0 Å². The lowest BCUT2D eigenvalue weighted by molar-refractivity contribution is -0.124. The number of rotatable bonds is 8. The maximum absolute atomic E-state index is 11.4. The zero-order chi connectivity index (χ0) is 11.9. The maximum Gasteiger partial charge on any atom is 0.238 e. The molecule has 1 amide bonds. The summed E-state index contributed by atoms with van der Waals surface area (Å²) in [6, 6.07) is 0. The van der Waals surface area contributed by atoms with Gasteiger partial charge in [0.2, 0.25) is 5.91 Å². The molecule has 0 saturated carbocycles. The van der Waals surface area contributed by atoms with E-state index >= 15 is 0 Å². The number of primary amides is 1. The number of likely N-dealkylation sites (N-methyl/N-ethyl adjacent to an activating group) is 2. The Labute approximate surface area is 93.2 Å². The number of carbonyl (C=O) groups excluding carboxylic acids is 1. The molecule has 0 spiro atoms. The van der Waals surface area contributed by atoms with E-state index in [9.17, 15) is 4.79 Å². The molecule has 1 atom stereocenters. The van der Waals surface area contributed by atoms with Gasteiger partial charge in [0.15, 0.2) is 0 Å². The van der Waals surface area contributed by atoms with Gasteiger partial charge in [0, 0.05) is 6.54 Å². The van der Waals surface area contributed by atoms with Crippen LogP contribution in [0.25, 0.3) is 0 Å². The van der Waals surface area contributed by atoms with Gasteiger partial charge in [-0.3, -0.25) is 4.79 Å². The fourth-order valence-electron chi connectivity index (χ4n) is 1.72. The van der Waals surface area contributed by atoms with Crippen LogP contribution >= 0.6 is 0 Å². The average Bonchev–Trinajstić information content (AvgIpc) is 2.17. The Kier molecular flexibility index (Phi) is 6.52. The van der Waals surface area contributed by atoms with Gasteiger partial charge in [-0.05, 0) is 33.0 Å². The van der Waals surface area contributed by atoms with E-state index in [1.807, 2.05) is 13.8 Å². The van der Waals surface area contributed by atoms with Crippen LogP contribution in [0, 0.1) is 0 Å². The van der Waals surface area contributed by atoms with Crippen LogP contribution in [-0.4, -0.2) is 42.5 Å². The number of amides is 1. The summed E-state index contributed by atoms with van der Waals surface area (Å²) in [5.41, 5.74) is 4.82. The first-order valence-electron chi connectivity index (χ1n) is 5.77. The molecule has 15 heavy (non-hydrogen) atoms. The molecule has 3 N–H and O–H groups in total. The van der Waals surface area contributed by atoms with Crippen LogP contribution in [0.2, 0.25) is 0 Å². The van der Waals surface area contributed by atoms with E-state index in [1.54, 1.807) is 0 Å². The van der Waals surface area contributed by atoms with Crippen LogP contribution in [0.1, 0.15) is 34.1 Å². The van der Waals surface area contributed by atoms with E-state index < -0.39 is 5.54 Å². The molecule has 1 unspecified atom stereocenters. The molecule has 0 aromatic rings. The Hall–Kier alpha value is -0.610. The van der Waals surface area contributed by atoms with Gasteiger partial charge in [0.25, 0.3) is 0 Å². The first-order chi connectivity index (χ1) is 7.00. The van der Waals surface area contributed by atoms with Crippen molar-refractivity contribution >= 4 is 5.91 Å². The van der Waals surface area contributed by atoms with Crippen molar-refractivity contribution in [3.8, 4) is 0 Å². The van der Waals surface area contributed by atoms with E-state index in [4.69, 9.17) is 5.73 Å². The second-order valence-electron chi connectivity index (χ2n) is 4.10. The third kappa shape index (κ3) is 4.62. The normalized spacial score (nSPS) is 15.3. The molecule has 4 nitrogen and oxygen atoms in total. The molecule has 0 aromatic carbocycles. The SMILES string of the molecule is CCCN(CC)CC(C)(NCC)C(N)=O. The van der Waals surface area contributed by atoms with Crippen molar-refractivity contribution < 1.29 is 4.79 Å². The number of nitrogens with zero attached hydrogens (tertiary/aromatic N) is 1. The zero-order valence-corrected chi connectivity index (χ0v) is 10.5. The van der Waals surface area contributed by atoms with Gasteiger partial charge in [-0.2, -0.15) is 0 Å². The fourth-order valence-corrected chi connectivity index (χ4v) is 1.72. The number of hydrogen-bond acceptors (Lipinski definition) is 3. The van der Waals surface area contributed by atoms with Gasteiger partial charge in [-0.1, -0.05) is 20.8 Å². The minimum Gasteiger partial charge on any atom is -0.368 e. The lowest BCUT2D eigenvalue weighted by Crippen LogP contribution is -2.59. The molecule has 0 bridgehead atoms. The number of nitrogens with one attached hydrogen (secondary N) is 1. The predicted octanol–water partition coefficient (Wildman–Crippen LogP) is 0.572. The number of hydrogen-bond donors (Lipinski definition) is 2. The minimum atomic E-state index is -0.611. The Bertz CT molecular complexity index is 196. The Morgan fingerprint density at radius 2 is 2.00 bits per heavy atom. The molecular formula is C11H25N3O. The first kappa shape index (κ1) is 14.4. The largest absolute Gasteiger partial charge is 0.368 e. The highest BCUT2D eigenvalue weighted by Crippen LogP contribution is 2.06. The molecule has 0 saturated heterocycles. The molecule has 0 aromatic heterocycles. The molecule has 0 rings (SSSR count). The van der Waals surface area contributed by atoms with Gasteiger partial charge in [0.05, 0.1) is 0 Å². The van der Waals surface area contributed by atoms with E-state index in [0.717, 1.165) is 26.1 Å². The van der Waals surface area contributed by atoms with Gasteiger partial charge >= 0.3 is 0 Å². The van der Waals surface area contributed by atoms with Crippen molar-refractivity contribution in [3.63, 3.8) is 0 Å². The van der Waals surface area contributed by atoms with Crippen molar-refractivity contribution in [1.29, 1.82) is 0 Å². The molecule has 0 fully saturated rings. The first-order valence-corrected chi connectivity index (χ1v) is 5.77. The quantitative estimate of drug-likeness (QED) is 0.622. The van der Waals surface area contributed by atoms with E-state index in [0.29, 0.717) is 6.54 Å². The van der Waals surface area contributed by atoms with E-state index in [1.165, 1.54) is 0 Å². The summed E-state index contributed by atoms with van der Waals surface area (Å²) >= 11 is 0. The van der Waals surface area contributed by atoms with Crippen LogP contribution in [0.15, 0.2) is 0 Å². The highest BCUT2D eigenvalue weighted by atomic mass is 16.1. The highest BCUT2D eigenvalue weighted by Gasteiger charge is 2.31. The zero-order valence-electron chi connectivity index (χ0n) is 10.5. The molecule has 0 aliphatic heterocycles. The molecule has 90 valence electrons. The maximum atomic E-state index is 11.4. The van der Waals surface area contributed by atoms with Crippen molar-refractivity contribution in [3.05, 3.63) is 0 Å². The van der Waals surface area contributed by atoms with Gasteiger partial charge in [-0.15, -0.1) is 0 Å². The molecule has 4 heteroatoms. The van der Waals surface area contributed by atoms with Crippen molar-refractivity contribution in [2.45, 2.75) is 39.7 Å². The summed E-state index contributed by atoms with van der Waals surface area (Å²) in [7, 11) is 0. The smallest absolute Gasteiger partial charge is 0.238 e. The molecular weight excluding hydrogens is 190 g/mol. The van der Waals surface area contributed by atoms with Crippen molar-refractivity contribution in [2.24, 2.45) is 5.73 Å². The highest BCUT2D eigenvalue weighted by molar-refractivity contribution is 5.84. The lowest BCUT2D eigenvalue weighted by atomic mass is 10.0. The van der Waals surface area contributed by atoms with Gasteiger partial charge in [0.1, 0.15) is 5.54 Å². The fraction of sp³-hybridized carbons (Fsp3) is 0.909. The van der Waals surface area contributed by atoms with E-state index in [2.05, 4.69) is 24.1 Å². The van der Waals surface area contributed by atoms with Crippen molar-refractivity contribution in [1.82, 2.24) is 10.2 Å². The van der Waals surface area contributed by atoms with Crippen molar-refractivity contribution in [2.75, 3.05) is 26.2 Å². The van der Waals surface area contributed by atoms with Crippen LogP contribution in [-0.2, 0) is 4.79 Å². The van der Waals surface area contributed by atoms with Crippen LogP contribution in [0.4, 0.5) is 0 Å². The Morgan fingerprint density at radius 1 is 1.40 bits per heavy atom. The summed E-state index contributed by atoms with van der Waals surface area (Å²) in [6.07, 6.45) is 1.09. The number of carbonyl (C=O) groups is 1. The van der Waals surface area contributed by atoms with Gasteiger partial charge < -0.3 is 16.0 Å². The van der Waals surface area contributed by atoms with Crippen LogP contribution in [0.5, 0.6) is 0 Å². The molecule has 0 aliphatic rings. The summed E-state index contributed by atoms with van der Waals surface area (Å²) < 4.78 is 0. The second kappa shape index (κ2) is 6.80. The lowest BCUT2D eigenvalue weighted by Gasteiger charge is -2.33. The predicted molar refractivity (Wildman–Crippen MR) is 63.7 cm³/mol. The summed E-state index contributed by atoms with van der Waals surface area (Å²) in [6.45, 7) is 11.5. The molecule has 0 radical (unpaired) electrons. The molecule has 0 aliphatic carbocycles. The molecule has 0 heterocycles. The van der Waals surface area contributed by atoms with E-state index in [-0.39, 0.29) is 5.91 Å². The Balaban J connectivity index is 4.43. The minimum absolute atomic E-state index is 0.279. The Morgan fingerprint density at radius 3 is 2.33 bits per heavy atom. The van der Waals surface area contributed by atoms with Crippen LogP contribution < -0.4 is 11.1 Å².